The lowest BCUT2D eigenvalue weighted by molar-refractivity contribution is -0.113. The predicted molar refractivity (Wildman–Crippen MR) is 101 cm³/mol. The molecule has 1 amide bonds. The van der Waals surface area contributed by atoms with Gasteiger partial charge in [-0.1, -0.05) is 35.5 Å². The average Bonchev–Trinajstić information content (AvgIpc) is 3.10. The van der Waals surface area contributed by atoms with Crippen LogP contribution in [0.15, 0.2) is 58.2 Å². The van der Waals surface area contributed by atoms with Crippen molar-refractivity contribution in [1.82, 2.24) is 10.2 Å². The van der Waals surface area contributed by atoms with Gasteiger partial charge in [0.1, 0.15) is 0 Å². The van der Waals surface area contributed by atoms with Gasteiger partial charge in [-0.15, -0.1) is 10.2 Å². The molecule has 3 aromatic rings. The molecule has 0 radical (unpaired) electrons. The predicted octanol–water partition coefficient (Wildman–Crippen LogP) is 4.27. The number of ether oxygens (including phenoxy) is 1. The van der Waals surface area contributed by atoms with Crippen LogP contribution in [0.3, 0.4) is 0 Å². The number of hydrogen-bond donors (Lipinski definition) is 1. The summed E-state index contributed by atoms with van der Waals surface area (Å²) in [5, 5.41) is 11.7. The highest BCUT2D eigenvalue weighted by Crippen LogP contribution is 2.24. The first-order valence-electron chi connectivity index (χ1n) is 7.74. The summed E-state index contributed by atoms with van der Waals surface area (Å²) in [7, 11) is 1.63. The van der Waals surface area contributed by atoms with Gasteiger partial charge in [-0.05, 0) is 42.0 Å². The number of anilines is 1. The van der Waals surface area contributed by atoms with Crippen LogP contribution < -0.4 is 5.32 Å². The van der Waals surface area contributed by atoms with Gasteiger partial charge in [-0.3, -0.25) is 4.79 Å². The third-order valence-electron chi connectivity index (χ3n) is 3.35. The first kappa shape index (κ1) is 18.4. The van der Waals surface area contributed by atoms with Crippen LogP contribution in [0.25, 0.3) is 11.5 Å². The fourth-order valence-corrected chi connectivity index (χ4v) is 2.90. The molecule has 0 unspecified atom stereocenters. The summed E-state index contributed by atoms with van der Waals surface area (Å²) in [6.07, 6.45) is 0. The van der Waals surface area contributed by atoms with Gasteiger partial charge in [0, 0.05) is 23.4 Å². The summed E-state index contributed by atoms with van der Waals surface area (Å²) in [5.41, 5.74) is 2.48. The molecule has 26 heavy (non-hydrogen) atoms. The third kappa shape index (κ3) is 5.08. The SMILES string of the molecule is COCc1cccc(NC(=O)CSc2nnc(-c3ccc(Cl)cc3)o2)c1. The molecular weight excluding hydrogens is 374 g/mol. The topological polar surface area (TPSA) is 77.2 Å². The highest BCUT2D eigenvalue weighted by atomic mass is 35.5. The van der Waals surface area contributed by atoms with Crippen molar-refractivity contribution in [2.24, 2.45) is 0 Å². The molecule has 0 bridgehead atoms. The van der Waals surface area contributed by atoms with Crippen LogP contribution in [0.4, 0.5) is 5.69 Å². The number of hydrogen-bond acceptors (Lipinski definition) is 6. The molecule has 0 saturated carbocycles. The van der Waals surface area contributed by atoms with Crippen LogP contribution in [0, 0.1) is 0 Å². The molecule has 0 saturated heterocycles. The number of carbonyl (C=O) groups is 1. The van der Waals surface area contributed by atoms with Gasteiger partial charge in [-0.25, -0.2) is 0 Å². The fourth-order valence-electron chi connectivity index (χ4n) is 2.21. The van der Waals surface area contributed by atoms with E-state index in [9.17, 15) is 4.79 Å². The molecule has 1 aromatic heterocycles. The molecule has 1 heterocycles. The Labute approximate surface area is 159 Å². The lowest BCUT2D eigenvalue weighted by Gasteiger charge is -2.06. The molecule has 1 N–H and O–H groups in total. The Kier molecular flexibility index (Phi) is 6.27. The summed E-state index contributed by atoms with van der Waals surface area (Å²) in [6, 6.07) is 14.6. The summed E-state index contributed by atoms with van der Waals surface area (Å²) >= 11 is 7.04. The number of benzene rings is 2. The standard InChI is InChI=1S/C18H16ClN3O3S/c1-24-10-12-3-2-4-15(9-12)20-16(23)11-26-18-22-21-17(25-18)13-5-7-14(19)8-6-13/h2-9H,10-11H2,1H3,(H,20,23). The summed E-state index contributed by atoms with van der Waals surface area (Å²) < 4.78 is 10.6. The minimum atomic E-state index is -0.157. The highest BCUT2D eigenvalue weighted by Gasteiger charge is 2.11. The van der Waals surface area contributed by atoms with E-state index in [1.807, 2.05) is 24.3 Å². The Hall–Kier alpha value is -2.35. The maximum Gasteiger partial charge on any atom is 0.277 e. The van der Waals surface area contributed by atoms with E-state index < -0.39 is 0 Å². The first-order valence-corrected chi connectivity index (χ1v) is 9.10. The number of rotatable bonds is 7. The number of carbonyl (C=O) groups excluding carboxylic acids is 1. The van der Waals surface area contributed by atoms with E-state index in [2.05, 4.69) is 15.5 Å². The molecule has 0 fully saturated rings. The third-order valence-corrected chi connectivity index (χ3v) is 4.42. The van der Waals surface area contributed by atoms with E-state index in [0.29, 0.717) is 22.7 Å². The van der Waals surface area contributed by atoms with Crippen molar-refractivity contribution >= 4 is 35.0 Å². The molecule has 0 aliphatic carbocycles. The van der Waals surface area contributed by atoms with Crippen LogP contribution in [-0.2, 0) is 16.1 Å². The summed E-state index contributed by atoms with van der Waals surface area (Å²) in [4.78, 5) is 12.1. The van der Waals surface area contributed by atoms with Crippen LogP contribution in [0.1, 0.15) is 5.56 Å². The molecule has 0 aliphatic rings. The van der Waals surface area contributed by atoms with Crippen molar-refractivity contribution in [3.8, 4) is 11.5 Å². The normalized spacial score (nSPS) is 10.7. The van der Waals surface area contributed by atoms with E-state index >= 15 is 0 Å². The van der Waals surface area contributed by atoms with E-state index in [-0.39, 0.29) is 11.7 Å². The van der Waals surface area contributed by atoms with Crippen LogP contribution in [0.2, 0.25) is 5.02 Å². The number of amides is 1. The number of halogens is 1. The maximum absolute atomic E-state index is 12.1. The molecule has 2 aromatic carbocycles. The van der Waals surface area contributed by atoms with E-state index in [0.717, 1.165) is 16.8 Å². The van der Waals surface area contributed by atoms with Crippen molar-refractivity contribution in [3.05, 3.63) is 59.1 Å². The molecule has 0 atom stereocenters. The summed E-state index contributed by atoms with van der Waals surface area (Å²) in [6.45, 7) is 0.494. The molecular formula is C18H16ClN3O3S. The monoisotopic (exact) mass is 389 g/mol. The number of thioether (sulfide) groups is 1. The molecule has 0 spiro atoms. The number of nitrogens with zero attached hydrogens (tertiary/aromatic N) is 2. The Bertz CT molecular complexity index is 883. The fraction of sp³-hybridized carbons (Fsp3) is 0.167. The highest BCUT2D eigenvalue weighted by molar-refractivity contribution is 7.99. The minimum absolute atomic E-state index is 0.157. The number of nitrogens with one attached hydrogen (secondary N) is 1. The quantitative estimate of drug-likeness (QED) is 0.608. The molecule has 8 heteroatoms. The first-order chi connectivity index (χ1) is 12.6. The van der Waals surface area contributed by atoms with Crippen LogP contribution >= 0.6 is 23.4 Å². The van der Waals surface area contributed by atoms with Crippen LogP contribution in [-0.4, -0.2) is 29.0 Å². The van der Waals surface area contributed by atoms with Gasteiger partial charge >= 0.3 is 0 Å². The van der Waals surface area contributed by atoms with Crippen molar-refractivity contribution in [1.29, 1.82) is 0 Å². The molecule has 3 rings (SSSR count). The molecule has 6 nitrogen and oxygen atoms in total. The zero-order valence-corrected chi connectivity index (χ0v) is 15.5. The Morgan fingerprint density at radius 2 is 2.04 bits per heavy atom. The van der Waals surface area contributed by atoms with E-state index in [1.54, 1.807) is 31.4 Å². The minimum Gasteiger partial charge on any atom is -0.411 e. The van der Waals surface area contributed by atoms with Gasteiger partial charge in [0.25, 0.3) is 5.22 Å². The second-order valence-electron chi connectivity index (χ2n) is 5.35. The van der Waals surface area contributed by atoms with Gasteiger partial charge in [0.15, 0.2) is 0 Å². The second kappa shape index (κ2) is 8.84. The Morgan fingerprint density at radius 1 is 1.23 bits per heavy atom. The van der Waals surface area contributed by atoms with Crippen molar-refractivity contribution in [2.45, 2.75) is 11.8 Å². The van der Waals surface area contributed by atoms with Crippen molar-refractivity contribution < 1.29 is 13.9 Å². The van der Waals surface area contributed by atoms with E-state index in [4.69, 9.17) is 20.8 Å². The smallest absolute Gasteiger partial charge is 0.277 e. The lowest BCUT2D eigenvalue weighted by atomic mass is 10.2. The molecule has 0 aliphatic heterocycles. The van der Waals surface area contributed by atoms with Crippen LogP contribution in [0.5, 0.6) is 0 Å². The largest absolute Gasteiger partial charge is 0.411 e. The van der Waals surface area contributed by atoms with Crippen molar-refractivity contribution in [3.63, 3.8) is 0 Å². The Morgan fingerprint density at radius 3 is 2.81 bits per heavy atom. The van der Waals surface area contributed by atoms with Crippen molar-refractivity contribution in [2.75, 3.05) is 18.2 Å². The maximum atomic E-state index is 12.1. The number of aromatic nitrogens is 2. The van der Waals surface area contributed by atoms with E-state index in [1.165, 1.54) is 11.8 Å². The summed E-state index contributed by atoms with van der Waals surface area (Å²) in [5.74, 6) is 0.393. The number of methoxy groups -OCH3 is 1. The Balaban J connectivity index is 1.55. The molecule has 134 valence electrons. The van der Waals surface area contributed by atoms with Gasteiger partial charge in [0.2, 0.25) is 11.8 Å². The zero-order valence-electron chi connectivity index (χ0n) is 13.9. The van der Waals surface area contributed by atoms with Gasteiger partial charge in [-0.2, -0.15) is 0 Å². The zero-order chi connectivity index (χ0) is 18.4. The van der Waals surface area contributed by atoms with Gasteiger partial charge < -0.3 is 14.5 Å². The van der Waals surface area contributed by atoms with Gasteiger partial charge in [0.05, 0.1) is 12.4 Å². The lowest BCUT2D eigenvalue weighted by Crippen LogP contribution is -2.14. The second-order valence-corrected chi connectivity index (χ2v) is 6.71. The average molecular weight is 390 g/mol.